The van der Waals surface area contributed by atoms with Crippen molar-refractivity contribution in [3.8, 4) is 0 Å². The first kappa shape index (κ1) is 21.4. The third-order valence-electron chi connectivity index (χ3n) is 6.97. The van der Waals surface area contributed by atoms with Gasteiger partial charge < -0.3 is 9.80 Å². The molecule has 2 aliphatic rings. The average Bonchev–Trinajstić information content (AvgIpc) is 3.57. The zero-order valence-corrected chi connectivity index (χ0v) is 19.0. The summed E-state index contributed by atoms with van der Waals surface area (Å²) in [6.45, 7) is 6.27. The quantitative estimate of drug-likeness (QED) is 0.648. The van der Waals surface area contributed by atoms with Crippen LogP contribution in [0.5, 0.6) is 0 Å². The van der Waals surface area contributed by atoms with Crippen molar-refractivity contribution in [1.82, 2.24) is 34.8 Å². The largest absolute Gasteiger partial charge is 0.338 e. The number of carbonyl (C=O) groups excluding carboxylic acids is 2. The molecule has 2 atom stereocenters. The van der Waals surface area contributed by atoms with Crippen LogP contribution in [0.15, 0.2) is 49.1 Å². The molecule has 5 heterocycles. The van der Waals surface area contributed by atoms with E-state index in [1.807, 2.05) is 34.0 Å². The lowest BCUT2D eigenvalue weighted by Gasteiger charge is -2.42. The number of carbonyl (C=O) groups is 2. The van der Waals surface area contributed by atoms with Gasteiger partial charge in [-0.05, 0) is 50.5 Å². The molecule has 9 nitrogen and oxygen atoms in total. The fraction of sp³-hybridized carbons (Fsp3) is 0.458. The molecule has 2 amide bonds. The number of amides is 2. The Kier molecular flexibility index (Phi) is 5.47. The molecule has 9 heteroatoms. The highest BCUT2D eigenvalue weighted by Gasteiger charge is 2.57. The summed E-state index contributed by atoms with van der Waals surface area (Å²) < 4.78 is 1.99. The van der Waals surface area contributed by atoms with Crippen molar-refractivity contribution < 1.29 is 9.59 Å². The topological polar surface area (TPSA) is 100 Å². The standard InChI is InChI=1S/C24H29N7O2/c1-17(2)31-21(7-11-27-31)19-15-30(22(32)20-6-10-26-28-20)16-24(19)8-4-12-29(23(24)33)14-18-5-3-9-25-13-18/h3,5-7,9-11,13,17,19H,4,8,12,14-16H2,1-2H3,(H,26,28)/t19-,24-/m0/s1. The Morgan fingerprint density at radius 2 is 2.12 bits per heavy atom. The van der Waals surface area contributed by atoms with Crippen LogP contribution in [0.25, 0.3) is 0 Å². The molecule has 0 aromatic carbocycles. The van der Waals surface area contributed by atoms with Crippen molar-refractivity contribution in [3.05, 3.63) is 66.0 Å². The molecule has 1 N–H and O–H groups in total. The molecule has 1 spiro atoms. The first-order chi connectivity index (χ1) is 16.0. The van der Waals surface area contributed by atoms with Crippen molar-refractivity contribution in [3.63, 3.8) is 0 Å². The van der Waals surface area contributed by atoms with Crippen LogP contribution in [0.2, 0.25) is 0 Å². The summed E-state index contributed by atoms with van der Waals surface area (Å²) in [6, 6.07) is 7.73. The third kappa shape index (κ3) is 3.71. The number of nitrogens with zero attached hydrogens (tertiary/aromatic N) is 6. The van der Waals surface area contributed by atoms with Crippen LogP contribution < -0.4 is 0 Å². The second kappa shape index (κ2) is 8.46. The van der Waals surface area contributed by atoms with E-state index in [2.05, 4.69) is 34.1 Å². The molecule has 0 unspecified atom stereocenters. The van der Waals surface area contributed by atoms with Gasteiger partial charge in [-0.15, -0.1) is 0 Å². The van der Waals surface area contributed by atoms with Crippen LogP contribution in [0.4, 0.5) is 0 Å². The third-order valence-corrected chi connectivity index (χ3v) is 6.97. The number of hydrogen-bond donors (Lipinski definition) is 1. The van der Waals surface area contributed by atoms with Crippen LogP contribution in [0.3, 0.4) is 0 Å². The summed E-state index contributed by atoms with van der Waals surface area (Å²) in [7, 11) is 0. The predicted molar refractivity (Wildman–Crippen MR) is 121 cm³/mol. The Hall–Kier alpha value is -3.49. The first-order valence-electron chi connectivity index (χ1n) is 11.5. The van der Waals surface area contributed by atoms with Gasteiger partial charge >= 0.3 is 0 Å². The zero-order valence-electron chi connectivity index (χ0n) is 19.0. The zero-order chi connectivity index (χ0) is 23.0. The van der Waals surface area contributed by atoms with Gasteiger partial charge in [-0.1, -0.05) is 6.07 Å². The van der Waals surface area contributed by atoms with Crippen LogP contribution in [0, 0.1) is 5.41 Å². The summed E-state index contributed by atoms with van der Waals surface area (Å²) in [5.41, 5.74) is 1.79. The number of aromatic amines is 1. The Bertz CT molecular complexity index is 1120. The second-order valence-corrected chi connectivity index (χ2v) is 9.35. The molecule has 33 heavy (non-hydrogen) atoms. The molecular formula is C24H29N7O2. The van der Waals surface area contributed by atoms with E-state index in [1.54, 1.807) is 29.6 Å². The van der Waals surface area contributed by atoms with E-state index in [0.29, 0.717) is 31.9 Å². The van der Waals surface area contributed by atoms with Crippen molar-refractivity contribution in [1.29, 1.82) is 0 Å². The molecule has 3 aromatic heterocycles. The number of piperidine rings is 1. The molecule has 3 aromatic rings. The van der Waals surface area contributed by atoms with Crippen molar-refractivity contribution in [2.75, 3.05) is 19.6 Å². The van der Waals surface area contributed by atoms with Gasteiger partial charge in [0.1, 0.15) is 5.69 Å². The van der Waals surface area contributed by atoms with E-state index in [4.69, 9.17) is 0 Å². The summed E-state index contributed by atoms with van der Waals surface area (Å²) in [6.07, 6.45) is 8.56. The smallest absolute Gasteiger partial charge is 0.271 e. The minimum Gasteiger partial charge on any atom is -0.338 e. The van der Waals surface area contributed by atoms with Crippen molar-refractivity contribution in [2.45, 2.75) is 45.2 Å². The fourth-order valence-electron chi connectivity index (χ4n) is 5.46. The van der Waals surface area contributed by atoms with Gasteiger partial charge in [-0.3, -0.25) is 24.4 Å². The Morgan fingerprint density at radius 1 is 1.24 bits per heavy atom. The van der Waals surface area contributed by atoms with Crippen LogP contribution in [0.1, 0.15) is 60.4 Å². The van der Waals surface area contributed by atoms with Gasteiger partial charge in [0.05, 0.1) is 5.41 Å². The molecule has 2 aliphatic heterocycles. The van der Waals surface area contributed by atoms with E-state index < -0.39 is 5.41 Å². The fourth-order valence-corrected chi connectivity index (χ4v) is 5.46. The molecule has 0 radical (unpaired) electrons. The summed E-state index contributed by atoms with van der Waals surface area (Å²) in [5, 5.41) is 11.2. The number of rotatable bonds is 5. The van der Waals surface area contributed by atoms with Gasteiger partial charge in [0.25, 0.3) is 5.91 Å². The molecule has 172 valence electrons. The van der Waals surface area contributed by atoms with Gasteiger partial charge in [-0.25, -0.2) is 0 Å². The van der Waals surface area contributed by atoms with E-state index in [9.17, 15) is 9.59 Å². The highest BCUT2D eigenvalue weighted by atomic mass is 16.2. The van der Waals surface area contributed by atoms with Gasteiger partial charge in [-0.2, -0.15) is 10.2 Å². The maximum Gasteiger partial charge on any atom is 0.271 e. The molecule has 2 fully saturated rings. The monoisotopic (exact) mass is 447 g/mol. The Labute approximate surface area is 192 Å². The van der Waals surface area contributed by atoms with E-state index in [-0.39, 0.29) is 23.8 Å². The number of nitrogens with one attached hydrogen (secondary N) is 1. The lowest BCUT2D eigenvalue weighted by Crippen LogP contribution is -2.52. The Morgan fingerprint density at radius 3 is 2.85 bits per heavy atom. The van der Waals surface area contributed by atoms with Gasteiger partial charge in [0.2, 0.25) is 5.91 Å². The summed E-state index contributed by atoms with van der Waals surface area (Å²) in [4.78, 5) is 35.3. The molecule has 0 bridgehead atoms. The molecule has 0 aliphatic carbocycles. The molecule has 2 saturated heterocycles. The maximum atomic E-state index is 14.1. The molecule has 0 saturated carbocycles. The minimum absolute atomic E-state index is 0.110. The SMILES string of the molecule is CC(C)n1nccc1[C@@H]1CN(C(=O)c2ccn[nH]2)C[C@@]12CCCN(Cc1cccnc1)C2=O. The highest BCUT2D eigenvalue weighted by molar-refractivity contribution is 5.94. The van der Waals surface area contributed by atoms with E-state index >= 15 is 0 Å². The predicted octanol–water partition coefficient (Wildman–Crippen LogP) is 2.63. The number of likely N-dealkylation sites (tertiary alicyclic amines) is 2. The average molecular weight is 448 g/mol. The number of pyridine rings is 1. The minimum atomic E-state index is -0.678. The summed E-state index contributed by atoms with van der Waals surface area (Å²) >= 11 is 0. The highest BCUT2D eigenvalue weighted by Crippen LogP contribution is 2.50. The van der Waals surface area contributed by atoms with Gasteiger partial charge in [0, 0.05) is 68.6 Å². The maximum absolute atomic E-state index is 14.1. The normalized spacial score (nSPS) is 23.1. The van der Waals surface area contributed by atoms with Crippen LogP contribution in [-0.2, 0) is 11.3 Å². The van der Waals surface area contributed by atoms with E-state index in [1.165, 1.54) is 0 Å². The van der Waals surface area contributed by atoms with E-state index in [0.717, 1.165) is 24.1 Å². The van der Waals surface area contributed by atoms with Gasteiger partial charge in [0.15, 0.2) is 0 Å². The lowest BCUT2D eigenvalue weighted by molar-refractivity contribution is -0.147. The lowest BCUT2D eigenvalue weighted by atomic mass is 9.70. The molecule has 5 rings (SSSR count). The number of H-pyrrole nitrogens is 1. The molecular weight excluding hydrogens is 418 g/mol. The first-order valence-corrected chi connectivity index (χ1v) is 11.5. The number of aromatic nitrogens is 5. The van der Waals surface area contributed by atoms with Crippen LogP contribution >= 0.6 is 0 Å². The summed E-state index contributed by atoms with van der Waals surface area (Å²) in [5.74, 6) is -0.139. The Balaban J connectivity index is 1.52. The van der Waals surface area contributed by atoms with Crippen molar-refractivity contribution in [2.24, 2.45) is 5.41 Å². The van der Waals surface area contributed by atoms with Crippen molar-refractivity contribution >= 4 is 11.8 Å². The van der Waals surface area contributed by atoms with Crippen LogP contribution in [-0.4, -0.2) is 66.2 Å². The second-order valence-electron chi connectivity index (χ2n) is 9.35. The number of hydrogen-bond acceptors (Lipinski definition) is 5.